The first kappa shape index (κ1) is 17.4. The maximum Gasteiger partial charge on any atom is 0.336 e. The highest BCUT2D eigenvalue weighted by atomic mass is 32.2. The molecule has 0 bridgehead atoms. The molecule has 0 aliphatic rings. The number of hydrogen-bond acceptors (Lipinski definition) is 6. The third kappa shape index (κ3) is 4.29. The van der Waals surface area contributed by atoms with E-state index in [-0.39, 0.29) is 11.3 Å². The average molecular weight is 348 g/mol. The minimum absolute atomic E-state index is 0.0290. The van der Waals surface area contributed by atoms with Gasteiger partial charge in [-0.15, -0.1) is 11.8 Å². The molecule has 24 heavy (non-hydrogen) atoms. The summed E-state index contributed by atoms with van der Waals surface area (Å²) in [5, 5.41) is 30.3. The van der Waals surface area contributed by atoms with E-state index in [4.69, 9.17) is 0 Å². The van der Waals surface area contributed by atoms with E-state index < -0.39 is 27.6 Å². The maximum atomic E-state index is 11.3. The van der Waals surface area contributed by atoms with E-state index in [1.54, 1.807) is 24.3 Å². The van der Waals surface area contributed by atoms with Gasteiger partial charge in [-0.3, -0.25) is 20.2 Å². The van der Waals surface area contributed by atoms with E-state index in [0.29, 0.717) is 10.5 Å². The summed E-state index contributed by atoms with van der Waals surface area (Å²) in [6.07, 6.45) is 0. The van der Waals surface area contributed by atoms with Crippen LogP contribution in [-0.4, -0.2) is 27.5 Å². The Kier molecular flexibility index (Phi) is 5.48. The highest BCUT2D eigenvalue weighted by Gasteiger charge is 2.23. The van der Waals surface area contributed by atoms with Gasteiger partial charge in [-0.05, 0) is 17.7 Å². The molecular formula is C15H12N2O6S. The summed E-state index contributed by atoms with van der Waals surface area (Å²) in [5.41, 5.74) is 0.250. The van der Waals surface area contributed by atoms with E-state index in [1.165, 1.54) is 24.3 Å². The number of carbonyl (C=O) groups is 1. The molecule has 0 heterocycles. The summed E-state index contributed by atoms with van der Waals surface area (Å²) in [6.45, 7) is -0.486. The van der Waals surface area contributed by atoms with Crippen molar-refractivity contribution in [3.8, 4) is 0 Å². The van der Waals surface area contributed by atoms with Crippen LogP contribution in [0.15, 0.2) is 53.4 Å². The summed E-state index contributed by atoms with van der Waals surface area (Å²) in [6, 6.07) is 11.7. The number of benzene rings is 2. The number of rotatable bonds is 7. The Balaban J connectivity index is 2.40. The van der Waals surface area contributed by atoms with Gasteiger partial charge < -0.3 is 5.11 Å². The number of nitro groups is 2. The Bertz CT molecular complexity index is 795. The largest absolute Gasteiger partial charge is 0.478 e. The van der Waals surface area contributed by atoms with Gasteiger partial charge in [0.2, 0.25) is 6.54 Å². The van der Waals surface area contributed by atoms with E-state index >= 15 is 0 Å². The molecular weight excluding hydrogens is 336 g/mol. The fraction of sp³-hybridized carbons (Fsp3) is 0.133. The van der Waals surface area contributed by atoms with Gasteiger partial charge in [0.05, 0.1) is 15.7 Å². The lowest BCUT2D eigenvalue weighted by Crippen LogP contribution is -2.11. The molecule has 0 fully saturated rings. The zero-order valence-corrected chi connectivity index (χ0v) is 13.0. The predicted molar refractivity (Wildman–Crippen MR) is 87.0 cm³/mol. The number of nitrogens with zero attached hydrogens (tertiary/aromatic N) is 2. The third-order valence-corrected chi connectivity index (χ3v) is 4.47. The second-order valence-electron chi connectivity index (χ2n) is 4.78. The number of hydrogen-bond donors (Lipinski definition) is 1. The van der Waals surface area contributed by atoms with Crippen LogP contribution >= 0.6 is 11.8 Å². The van der Waals surface area contributed by atoms with Crippen molar-refractivity contribution in [1.29, 1.82) is 0 Å². The number of nitro benzene ring substituents is 1. The van der Waals surface area contributed by atoms with E-state index in [9.17, 15) is 30.1 Å². The Hall–Kier alpha value is -2.94. The van der Waals surface area contributed by atoms with Crippen molar-refractivity contribution < 1.29 is 19.7 Å². The molecule has 0 aliphatic heterocycles. The molecule has 2 aromatic carbocycles. The fourth-order valence-corrected chi connectivity index (χ4v) is 3.31. The van der Waals surface area contributed by atoms with Gasteiger partial charge in [0, 0.05) is 22.0 Å². The van der Waals surface area contributed by atoms with Crippen LogP contribution in [0.4, 0.5) is 5.69 Å². The topological polar surface area (TPSA) is 124 Å². The van der Waals surface area contributed by atoms with E-state index in [1.807, 2.05) is 0 Å². The third-order valence-electron chi connectivity index (χ3n) is 3.15. The quantitative estimate of drug-likeness (QED) is 0.462. The molecule has 9 heteroatoms. The Labute approximate surface area is 140 Å². The molecule has 2 rings (SSSR count). The highest BCUT2D eigenvalue weighted by Crippen LogP contribution is 2.38. The first-order valence-corrected chi connectivity index (χ1v) is 7.61. The first-order chi connectivity index (χ1) is 11.4. The molecule has 0 spiro atoms. The van der Waals surface area contributed by atoms with Crippen LogP contribution in [-0.2, 0) is 0 Å². The molecule has 1 unspecified atom stereocenters. The van der Waals surface area contributed by atoms with Gasteiger partial charge >= 0.3 is 5.97 Å². The van der Waals surface area contributed by atoms with Crippen LogP contribution in [0.3, 0.4) is 0 Å². The van der Waals surface area contributed by atoms with Crippen LogP contribution in [0, 0.1) is 20.2 Å². The summed E-state index contributed by atoms with van der Waals surface area (Å²) in [5.74, 6) is -1.14. The smallest absolute Gasteiger partial charge is 0.336 e. The number of carboxylic acids is 1. The number of aromatic carboxylic acids is 1. The molecule has 0 saturated carbocycles. The summed E-state index contributed by atoms with van der Waals surface area (Å²) in [7, 11) is 0. The molecule has 0 saturated heterocycles. The minimum Gasteiger partial charge on any atom is -0.478 e. The van der Waals surface area contributed by atoms with Crippen molar-refractivity contribution >= 4 is 23.4 Å². The number of thioether (sulfide) groups is 1. The molecule has 0 aliphatic carbocycles. The van der Waals surface area contributed by atoms with Crippen molar-refractivity contribution in [1.82, 2.24) is 0 Å². The predicted octanol–water partition coefficient (Wildman–Crippen LogP) is 3.40. The monoisotopic (exact) mass is 348 g/mol. The average Bonchev–Trinajstić information content (AvgIpc) is 2.54. The molecule has 2 aromatic rings. The van der Waals surface area contributed by atoms with Gasteiger partial charge in [-0.25, -0.2) is 4.79 Å². The zero-order valence-electron chi connectivity index (χ0n) is 12.2. The van der Waals surface area contributed by atoms with Crippen molar-refractivity contribution in [3.63, 3.8) is 0 Å². The van der Waals surface area contributed by atoms with Crippen LogP contribution in [0.25, 0.3) is 0 Å². The molecule has 1 N–H and O–H groups in total. The highest BCUT2D eigenvalue weighted by molar-refractivity contribution is 7.99. The normalized spacial score (nSPS) is 11.7. The molecule has 0 radical (unpaired) electrons. The van der Waals surface area contributed by atoms with Crippen LogP contribution in [0.2, 0.25) is 0 Å². The lowest BCUT2D eigenvalue weighted by molar-refractivity contribution is -0.479. The van der Waals surface area contributed by atoms with Gasteiger partial charge in [0.1, 0.15) is 0 Å². The molecule has 124 valence electrons. The molecule has 1 atom stereocenters. The maximum absolute atomic E-state index is 11.3. The zero-order chi connectivity index (χ0) is 17.7. The van der Waals surface area contributed by atoms with E-state index in [2.05, 4.69) is 0 Å². The van der Waals surface area contributed by atoms with Crippen LogP contribution < -0.4 is 0 Å². The SMILES string of the molecule is O=C(O)c1ccccc1SC(C[N+](=O)[O-])c1cccc([N+](=O)[O-])c1. The minimum atomic E-state index is -1.14. The number of non-ortho nitro benzene ring substituents is 1. The lowest BCUT2D eigenvalue weighted by atomic mass is 10.1. The Morgan fingerprint density at radius 3 is 2.46 bits per heavy atom. The fourth-order valence-electron chi connectivity index (χ4n) is 2.08. The van der Waals surface area contributed by atoms with Gasteiger partial charge in [-0.2, -0.15) is 0 Å². The van der Waals surface area contributed by atoms with Crippen molar-refractivity contribution in [2.75, 3.05) is 6.54 Å². The van der Waals surface area contributed by atoms with Crippen molar-refractivity contribution in [3.05, 3.63) is 79.9 Å². The second-order valence-corrected chi connectivity index (χ2v) is 6.02. The van der Waals surface area contributed by atoms with Gasteiger partial charge in [0.25, 0.3) is 5.69 Å². The summed E-state index contributed by atoms with van der Waals surface area (Å²) < 4.78 is 0. The first-order valence-electron chi connectivity index (χ1n) is 6.73. The molecule has 0 amide bonds. The molecule has 8 nitrogen and oxygen atoms in total. The number of carboxylic acid groups (broad SMARTS) is 1. The van der Waals surface area contributed by atoms with Crippen LogP contribution in [0.1, 0.15) is 21.2 Å². The van der Waals surface area contributed by atoms with E-state index in [0.717, 1.165) is 11.8 Å². The molecule has 0 aromatic heterocycles. The van der Waals surface area contributed by atoms with Crippen molar-refractivity contribution in [2.24, 2.45) is 0 Å². The van der Waals surface area contributed by atoms with Gasteiger partial charge in [-0.1, -0.05) is 24.3 Å². The Morgan fingerprint density at radius 1 is 1.12 bits per heavy atom. The van der Waals surface area contributed by atoms with Crippen molar-refractivity contribution in [2.45, 2.75) is 10.1 Å². The van der Waals surface area contributed by atoms with Gasteiger partial charge in [0.15, 0.2) is 0 Å². The van der Waals surface area contributed by atoms with Crippen LogP contribution in [0.5, 0.6) is 0 Å². The second kappa shape index (κ2) is 7.55. The standard InChI is InChI=1S/C15H12N2O6S/c18-15(19)12-6-1-2-7-13(12)24-14(9-16(20)21)10-4-3-5-11(8-10)17(22)23/h1-8,14H,9H2,(H,18,19). The summed E-state index contributed by atoms with van der Waals surface area (Å²) >= 11 is 1.00. The lowest BCUT2D eigenvalue weighted by Gasteiger charge is -2.14. The summed E-state index contributed by atoms with van der Waals surface area (Å²) in [4.78, 5) is 32.4. The Morgan fingerprint density at radius 2 is 1.83 bits per heavy atom.